The highest BCUT2D eigenvalue weighted by molar-refractivity contribution is 5.90. The fourth-order valence-electron chi connectivity index (χ4n) is 5.63. The minimum Gasteiger partial charge on any atom is -0.452 e. The fourth-order valence-corrected chi connectivity index (χ4v) is 5.63. The van der Waals surface area contributed by atoms with Gasteiger partial charge < -0.3 is 15.0 Å². The smallest absolute Gasteiger partial charge is 0.344 e. The number of aromatic nitrogens is 1. The Labute approximate surface area is 146 Å². The first-order chi connectivity index (χ1) is 12.0. The Morgan fingerprint density at radius 2 is 1.80 bits per heavy atom. The SMILES string of the molecule is O=C(COC(=O)c1ccc[nH]c1=O)NCC12CC3CC(CC(C3)C1)C2. The number of carbonyl (C=O) groups is 2. The van der Waals surface area contributed by atoms with Crippen LogP contribution in [0.4, 0.5) is 0 Å². The minimum absolute atomic E-state index is 0.0867. The second kappa shape index (κ2) is 6.32. The number of H-pyrrole nitrogens is 1. The van der Waals surface area contributed by atoms with Crippen LogP contribution in [0.5, 0.6) is 0 Å². The van der Waals surface area contributed by atoms with Gasteiger partial charge in [0.1, 0.15) is 5.56 Å². The summed E-state index contributed by atoms with van der Waals surface area (Å²) in [6.45, 7) is 0.332. The van der Waals surface area contributed by atoms with Crippen molar-refractivity contribution in [3.05, 3.63) is 34.2 Å². The first-order valence-corrected chi connectivity index (χ1v) is 9.14. The number of aromatic amines is 1. The monoisotopic (exact) mass is 344 g/mol. The molecule has 4 bridgehead atoms. The number of esters is 1. The summed E-state index contributed by atoms with van der Waals surface area (Å²) in [6.07, 6.45) is 9.22. The van der Waals surface area contributed by atoms with Crippen molar-refractivity contribution in [3.63, 3.8) is 0 Å². The molecule has 0 saturated heterocycles. The van der Waals surface area contributed by atoms with Gasteiger partial charge in [-0.25, -0.2) is 4.79 Å². The molecule has 0 spiro atoms. The van der Waals surface area contributed by atoms with Crippen LogP contribution in [0.2, 0.25) is 0 Å². The quantitative estimate of drug-likeness (QED) is 0.798. The fraction of sp³-hybridized carbons (Fsp3) is 0.632. The molecule has 6 heteroatoms. The summed E-state index contributed by atoms with van der Waals surface area (Å²) in [4.78, 5) is 37.9. The Morgan fingerprint density at radius 1 is 1.16 bits per heavy atom. The minimum atomic E-state index is -0.771. The van der Waals surface area contributed by atoms with Crippen molar-refractivity contribution in [1.82, 2.24) is 10.3 Å². The topological polar surface area (TPSA) is 88.3 Å². The van der Waals surface area contributed by atoms with E-state index in [-0.39, 0.29) is 23.5 Å². The second-order valence-corrected chi connectivity index (χ2v) is 8.18. The average Bonchev–Trinajstić information content (AvgIpc) is 2.57. The molecular formula is C19H24N2O4. The molecule has 4 saturated carbocycles. The molecule has 1 aromatic heterocycles. The van der Waals surface area contributed by atoms with E-state index in [4.69, 9.17) is 4.74 Å². The van der Waals surface area contributed by atoms with Gasteiger partial charge in [0.2, 0.25) is 0 Å². The third-order valence-electron chi connectivity index (χ3n) is 6.20. The molecule has 2 N–H and O–H groups in total. The standard InChI is InChI=1S/C19H24N2O4/c22-16(10-25-18(24)15-2-1-3-20-17(15)23)21-11-19-7-12-4-13(8-19)6-14(5-12)9-19/h1-3,12-14H,4-11H2,(H,20,23)(H,21,22). The largest absolute Gasteiger partial charge is 0.452 e. The lowest BCUT2D eigenvalue weighted by Crippen LogP contribution is -2.51. The van der Waals surface area contributed by atoms with Gasteiger partial charge in [-0.2, -0.15) is 0 Å². The van der Waals surface area contributed by atoms with Crippen molar-refractivity contribution in [2.75, 3.05) is 13.2 Å². The van der Waals surface area contributed by atoms with Crippen LogP contribution in [-0.2, 0) is 9.53 Å². The van der Waals surface area contributed by atoms with Gasteiger partial charge >= 0.3 is 5.97 Å². The highest BCUT2D eigenvalue weighted by Gasteiger charge is 2.50. The van der Waals surface area contributed by atoms with Crippen molar-refractivity contribution in [1.29, 1.82) is 0 Å². The van der Waals surface area contributed by atoms with Gasteiger partial charge in [-0.3, -0.25) is 9.59 Å². The molecule has 0 unspecified atom stereocenters. The lowest BCUT2D eigenvalue weighted by atomic mass is 9.49. The number of amides is 1. The van der Waals surface area contributed by atoms with Crippen LogP contribution in [0.3, 0.4) is 0 Å². The van der Waals surface area contributed by atoms with E-state index in [1.165, 1.54) is 50.8 Å². The number of ether oxygens (including phenoxy) is 1. The van der Waals surface area contributed by atoms with E-state index in [2.05, 4.69) is 10.3 Å². The van der Waals surface area contributed by atoms with E-state index >= 15 is 0 Å². The van der Waals surface area contributed by atoms with Crippen LogP contribution >= 0.6 is 0 Å². The van der Waals surface area contributed by atoms with Gasteiger partial charge in [0.05, 0.1) is 0 Å². The first-order valence-electron chi connectivity index (χ1n) is 9.14. The maximum Gasteiger partial charge on any atom is 0.344 e. The van der Waals surface area contributed by atoms with Gasteiger partial charge in [0.25, 0.3) is 11.5 Å². The van der Waals surface area contributed by atoms with Gasteiger partial charge in [0, 0.05) is 12.7 Å². The molecule has 25 heavy (non-hydrogen) atoms. The number of hydrogen-bond acceptors (Lipinski definition) is 4. The number of pyridine rings is 1. The molecule has 5 rings (SSSR count). The molecule has 6 nitrogen and oxygen atoms in total. The van der Waals surface area contributed by atoms with Gasteiger partial charge in [0.15, 0.2) is 6.61 Å². The zero-order chi connectivity index (χ0) is 17.4. The summed E-state index contributed by atoms with van der Waals surface area (Å²) >= 11 is 0. The summed E-state index contributed by atoms with van der Waals surface area (Å²) < 4.78 is 4.97. The van der Waals surface area contributed by atoms with E-state index < -0.39 is 11.5 Å². The molecule has 134 valence electrons. The molecule has 0 atom stereocenters. The Balaban J connectivity index is 1.28. The molecule has 0 radical (unpaired) electrons. The third-order valence-corrected chi connectivity index (χ3v) is 6.20. The van der Waals surface area contributed by atoms with E-state index in [1.807, 2.05) is 0 Å². The molecule has 4 fully saturated rings. The van der Waals surface area contributed by atoms with Crippen molar-refractivity contribution >= 4 is 11.9 Å². The Hall–Kier alpha value is -2.11. The maximum atomic E-state index is 12.1. The average molecular weight is 344 g/mol. The Bertz CT molecular complexity index is 704. The van der Waals surface area contributed by atoms with E-state index in [9.17, 15) is 14.4 Å². The number of carbonyl (C=O) groups excluding carboxylic acids is 2. The summed E-state index contributed by atoms with van der Waals surface area (Å²) in [5.41, 5.74) is -0.344. The lowest BCUT2D eigenvalue weighted by molar-refractivity contribution is -0.126. The van der Waals surface area contributed by atoms with E-state index in [0.29, 0.717) is 6.54 Å². The van der Waals surface area contributed by atoms with Crippen molar-refractivity contribution in [2.24, 2.45) is 23.2 Å². The highest BCUT2D eigenvalue weighted by atomic mass is 16.5. The van der Waals surface area contributed by atoms with Crippen LogP contribution in [0.15, 0.2) is 23.1 Å². The van der Waals surface area contributed by atoms with Gasteiger partial charge in [-0.1, -0.05) is 0 Å². The van der Waals surface area contributed by atoms with Crippen LogP contribution < -0.4 is 10.9 Å². The second-order valence-electron chi connectivity index (χ2n) is 8.18. The van der Waals surface area contributed by atoms with Crippen molar-refractivity contribution in [2.45, 2.75) is 38.5 Å². The molecule has 4 aliphatic rings. The first kappa shape index (κ1) is 16.4. The summed E-state index contributed by atoms with van der Waals surface area (Å²) in [7, 11) is 0. The zero-order valence-electron chi connectivity index (χ0n) is 14.3. The highest BCUT2D eigenvalue weighted by Crippen LogP contribution is 2.59. The van der Waals surface area contributed by atoms with Crippen LogP contribution in [0.25, 0.3) is 0 Å². The lowest BCUT2D eigenvalue weighted by Gasteiger charge is -2.56. The van der Waals surface area contributed by atoms with Crippen LogP contribution in [-0.4, -0.2) is 30.0 Å². The van der Waals surface area contributed by atoms with Crippen molar-refractivity contribution < 1.29 is 14.3 Å². The van der Waals surface area contributed by atoms with E-state index in [1.54, 1.807) is 6.07 Å². The predicted octanol–water partition coefficient (Wildman–Crippen LogP) is 1.86. The molecule has 1 amide bonds. The van der Waals surface area contributed by atoms with Gasteiger partial charge in [-0.15, -0.1) is 0 Å². The predicted molar refractivity (Wildman–Crippen MR) is 91.0 cm³/mol. The van der Waals surface area contributed by atoms with Crippen LogP contribution in [0, 0.1) is 23.2 Å². The molecule has 1 heterocycles. The molecule has 0 aliphatic heterocycles. The van der Waals surface area contributed by atoms with E-state index in [0.717, 1.165) is 17.8 Å². The summed E-state index contributed by atoms with van der Waals surface area (Å²) in [6, 6.07) is 2.93. The number of rotatable bonds is 5. The number of nitrogens with one attached hydrogen (secondary N) is 2. The summed E-state index contributed by atoms with van der Waals surface area (Å²) in [5, 5.41) is 2.96. The van der Waals surface area contributed by atoms with Crippen molar-refractivity contribution in [3.8, 4) is 0 Å². The Kier molecular flexibility index (Phi) is 4.13. The zero-order valence-corrected chi connectivity index (χ0v) is 14.3. The molecule has 1 aromatic rings. The molecule has 0 aromatic carbocycles. The molecule has 4 aliphatic carbocycles. The molecular weight excluding hydrogens is 320 g/mol. The summed E-state index contributed by atoms with van der Waals surface area (Å²) in [5.74, 6) is 1.45. The number of hydrogen-bond donors (Lipinski definition) is 2. The third kappa shape index (κ3) is 3.34. The van der Waals surface area contributed by atoms with Gasteiger partial charge in [-0.05, 0) is 73.8 Å². The maximum absolute atomic E-state index is 12.1. The normalized spacial score (nSPS) is 32.4. The Morgan fingerprint density at radius 3 is 2.40 bits per heavy atom. The van der Waals surface area contributed by atoms with Crippen LogP contribution in [0.1, 0.15) is 48.9 Å².